The van der Waals surface area contributed by atoms with Crippen molar-refractivity contribution < 1.29 is 9.47 Å². The summed E-state index contributed by atoms with van der Waals surface area (Å²) in [5.74, 6) is 0.929. The molecule has 0 saturated carbocycles. The molecule has 17 heavy (non-hydrogen) atoms. The molecule has 1 saturated heterocycles. The molecule has 0 amide bonds. The Morgan fingerprint density at radius 1 is 1.29 bits per heavy atom. The fraction of sp³-hybridized carbons (Fsp3) is 0.571. The maximum Gasteiger partial charge on any atom is 0.119 e. The molecule has 1 aromatic carbocycles. The molecule has 0 radical (unpaired) electrons. The smallest absolute Gasteiger partial charge is 0.119 e. The zero-order valence-corrected chi connectivity index (χ0v) is 10.7. The van der Waals surface area contributed by atoms with Crippen LogP contribution in [0.25, 0.3) is 0 Å². The van der Waals surface area contributed by atoms with Gasteiger partial charge in [0.2, 0.25) is 0 Å². The van der Waals surface area contributed by atoms with Crippen LogP contribution in [0.4, 0.5) is 0 Å². The fourth-order valence-electron chi connectivity index (χ4n) is 2.41. The minimum Gasteiger partial charge on any atom is -0.497 e. The predicted molar refractivity (Wildman–Crippen MR) is 68.4 cm³/mol. The Labute approximate surface area is 103 Å². The van der Waals surface area contributed by atoms with Crippen LogP contribution >= 0.6 is 0 Å². The number of ether oxygens (including phenoxy) is 2. The summed E-state index contributed by atoms with van der Waals surface area (Å²) >= 11 is 0. The molecular formula is C14H21NO2. The first kappa shape index (κ1) is 12.4. The Hall–Kier alpha value is -1.06. The quantitative estimate of drug-likeness (QED) is 0.848. The molecule has 1 aromatic rings. The van der Waals surface area contributed by atoms with Crippen LogP contribution in [0.15, 0.2) is 18.2 Å². The highest BCUT2D eigenvalue weighted by Gasteiger charge is 2.16. The number of rotatable bonds is 5. The lowest BCUT2D eigenvalue weighted by Crippen LogP contribution is -2.24. The van der Waals surface area contributed by atoms with Gasteiger partial charge in [-0.15, -0.1) is 0 Å². The molecule has 1 fully saturated rings. The molecule has 0 aromatic heterocycles. The van der Waals surface area contributed by atoms with Gasteiger partial charge in [-0.1, -0.05) is 6.07 Å². The van der Waals surface area contributed by atoms with Gasteiger partial charge in [0.15, 0.2) is 0 Å². The third kappa shape index (κ3) is 3.20. The van der Waals surface area contributed by atoms with E-state index in [0.29, 0.717) is 12.6 Å². The van der Waals surface area contributed by atoms with Crippen LogP contribution in [0, 0.1) is 0 Å². The maximum absolute atomic E-state index is 5.29. The summed E-state index contributed by atoms with van der Waals surface area (Å²) in [6.45, 7) is 1.82. The SMILES string of the molecule is COCc1ccc(OC)cc1CC1CCCN1. The van der Waals surface area contributed by atoms with E-state index in [1.165, 1.54) is 24.0 Å². The number of nitrogens with one attached hydrogen (secondary N) is 1. The van der Waals surface area contributed by atoms with E-state index in [1.807, 2.05) is 6.07 Å². The Morgan fingerprint density at radius 2 is 2.18 bits per heavy atom. The highest BCUT2D eigenvalue weighted by Crippen LogP contribution is 2.22. The maximum atomic E-state index is 5.29. The van der Waals surface area contributed by atoms with E-state index in [0.717, 1.165) is 18.7 Å². The minimum atomic E-state index is 0.609. The van der Waals surface area contributed by atoms with Crippen molar-refractivity contribution in [2.75, 3.05) is 20.8 Å². The molecule has 1 unspecified atom stereocenters. The lowest BCUT2D eigenvalue weighted by Gasteiger charge is -2.15. The molecule has 1 N–H and O–H groups in total. The van der Waals surface area contributed by atoms with Crippen LogP contribution in [0.5, 0.6) is 5.75 Å². The summed E-state index contributed by atoms with van der Waals surface area (Å²) < 4.78 is 10.5. The van der Waals surface area contributed by atoms with Crippen molar-refractivity contribution in [2.45, 2.75) is 31.9 Å². The Balaban J connectivity index is 2.14. The van der Waals surface area contributed by atoms with E-state index in [4.69, 9.17) is 9.47 Å². The highest BCUT2D eigenvalue weighted by atomic mass is 16.5. The molecule has 0 bridgehead atoms. The molecule has 0 aliphatic carbocycles. The zero-order valence-electron chi connectivity index (χ0n) is 10.7. The van der Waals surface area contributed by atoms with E-state index >= 15 is 0 Å². The number of benzene rings is 1. The molecule has 1 heterocycles. The number of hydrogen-bond donors (Lipinski definition) is 1. The molecule has 3 heteroatoms. The van der Waals surface area contributed by atoms with Gasteiger partial charge in [-0.2, -0.15) is 0 Å². The van der Waals surface area contributed by atoms with Gasteiger partial charge in [0.1, 0.15) is 5.75 Å². The van der Waals surface area contributed by atoms with Crippen molar-refractivity contribution in [1.82, 2.24) is 5.32 Å². The van der Waals surface area contributed by atoms with Crippen molar-refractivity contribution in [1.29, 1.82) is 0 Å². The van der Waals surface area contributed by atoms with Gasteiger partial charge in [-0.3, -0.25) is 0 Å². The van der Waals surface area contributed by atoms with Gasteiger partial charge in [-0.25, -0.2) is 0 Å². The monoisotopic (exact) mass is 235 g/mol. The third-order valence-electron chi connectivity index (χ3n) is 3.34. The predicted octanol–water partition coefficient (Wildman–Crippen LogP) is 2.14. The largest absolute Gasteiger partial charge is 0.497 e. The zero-order chi connectivity index (χ0) is 12.1. The van der Waals surface area contributed by atoms with E-state index < -0.39 is 0 Å². The van der Waals surface area contributed by atoms with Crippen LogP contribution in [0.1, 0.15) is 24.0 Å². The summed E-state index contributed by atoms with van der Waals surface area (Å²) in [6.07, 6.45) is 3.62. The van der Waals surface area contributed by atoms with Crippen molar-refractivity contribution in [3.8, 4) is 5.75 Å². The van der Waals surface area contributed by atoms with Crippen LogP contribution < -0.4 is 10.1 Å². The van der Waals surface area contributed by atoms with E-state index in [9.17, 15) is 0 Å². The first-order valence-corrected chi connectivity index (χ1v) is 6.21. The Morgan fingerprint density at radius 3 is 2.82 bits per heavy atom. The van der Waals surface area contributed by atoms with Crippen molar-refractivity contribution in [3.63, 3.8) is 0 Å². The molecule has 2 rings (SSSR count). The molecule has 1 aliphatic rings. The highest BCUT2D eigenvalue weighted by molar-refractivity contribution is 5.36. The van der Waals surface area contributed by atoms with Gasteiger partial charge < -0.3 is 14.8 Å². The average Bonchev–Trinajstić information content (AvgIpc) is 2.84. The van der Waals surface area contributed by atoms with Crippen LogP contribution in [-0.2, 0) is 17.8 Å². The summed E-state index contributed by atoms with van der Waals surface area (Å²) in [5, 5.41) is 3.53. The van der Waals surface area contributed by atoms with Gasteiger partial charge >= 0.3 is 0 Å². The second kappa shape index (κ2) is 6.03. The van der Waals surface area contributed by atoms with Crippen LogP contribution in [0.2, 0.25) is 0 Å². The molecule has 3 nitrogen and oxygen atoms in total. The number of methoxy groups -OCH3 is 2. The minimum absolute atomic E-state index is 0.609. The van der Waals surface area contributed by atoms with Gasteiger partial charge in [-0.05, 0) is 49.1 Å². The third-order valence-corrected chi connectivity index (χ3v) is 3.34. The second-order valence-electron chi connectivity index (χ2n) is 4.57. The second-order valence-corrected chi connectivity index (χ2v) is 4.57. The fourth-order valence-corrected chi connectivity index (χ4v) is 2.41. The standard InChI is InChI=1S/C14H21NO2/c1-16-10-11-5-6-14(17-2)9-12(11)8-13-4-3-7-15-13/h5-6,9,13,15H,3-4,7-8,10H2,1-2H3. The average molecular weight is 235 g/mol. The lowest BCUT2D eigenvalue weighted by atomic mass is 9.99. The van der Waals surface area contributed by atoms with Crippen molar-refractivity contribution in [3.05, 3.63) is 29.3 Å². The van der Waals surface area contributed by atoms with Crippen molar-refractivity contribution >= 4 is 0 Å². The summed E-state index contributed by atoms with van der Waals surface area (Å²) in [5.41, 5.74) is 2.60. The summed E-state index contributed by atoms with van der Waals surface area (Å²) in [7, 11) is 3.45. The number of hydrogen-bond acceptors (Lipinski definition) is 3. The van der Waals surface area contributed by atoms with Crippen molar-refractivity contribution in [2.24, 2.45) is 0 Å². The molecule has 1 aliphatic heterocycles. The Kier molecular flexibility index (Phi) is 4.40. The van der Waals surface area contributed by atoms with Gasteiger partial charge in [0.25, 0.3) is 0 Å². The summed E-state index contributed by atoms with van der Waals surface area (Å²) in [4.78, 5) is 0. The first-order valence-electron chi connectivity index (χ1n) is 6.21. The van der Waals surface area contributed by atoms with Crippen LogP contribution in [-0.4, -0.2) is 26.8 Å². The first-order chi connectivity index (χ1) is 8.33. The van der Waals surface area contributed by atoms with Gasteiger partial charge in [0.05, 0.1) is 13.7 Å². The molecule has 94 valence electrons. The van der Waals surface area contributed by atoms with Crippen LogP contribution in [0.3, 0.4) is 0 Å². The van der Waals surface area contributed by atoms with E-state index in [1.54, 1.807) is 14.2 Å². The van der Waals surface area contributed by atoms with E-state index in [-0.39, 0.29) is 0 Å². The Bertz CT molecular complexity index is 359. The normalized spacial score (nSPS) is 19.5. The van der Waals surface area contributed by atoms with Gasteiger partial charge in [0, 0.05) is 13.2 Å². The molecule has 0 spiro atoms. The van der Waals surface area contributed by atoms with E-state index in [2.05, 4.69) is 17.4 Å². The molecule has 1 atom stereocenters. The summed E-state index contributed by atoms with van der Waals surface area (Å²) in [6, 6.07) is 6.85. The molecular weight excluding hydrogens is 214 g/mol. The topological polar surface area (TPSA) is 30.5 Å². The lowest BCUT2D eigenvalue weighted by molar-refractivity contribution is 0.184.